The summed E-state index contributed by atoms with van der Waals surface area (Å²) in [4.78, 5) is 9.27. The van der Waals surface area contributed by atoms with Crippen LogP contribution in [0.4, 0.5) is 24.7 Å². The van der Waals surface area contributed by atoms with E-state index in [0.29, 0.717) is 12.1 Å². The van der Waals surface area contributed by atoms with Gasteiger partial charge in [0.05, 0.1) is 5.56 Å². The predicted octanol–water partition coefficient (Wildman–Crippen LogP) is 5.32. The van der Waals surface area contributed by atoms with Gasteiger partial charge < -0.3 is 10.2 Å². The molecule has 0 aliphatic carbocycles. The van der Waals surface area contributed by atoms with Crippen molar-refractivity contribution in [2.24, 2.45) is 5.16 Å². The van der Waals surface area contributed by atoms with Gasteiger partial charge in [-0.15, -0.1) is 0 Å². The predicted molar refractivity (Wildman–Crippen MR) is 88.5 cm³/mol. The van der Waals surface area contributed by atoms with Crippen LogP contribution in [0.2, 0.25) is 0 Å². The van der Waals surface area contributed by atoms with Gasteiger partial charge in [0.25, 0.3) is 0 Å². The normalized spacial score (nSPS) is 17.4. The maximum absolute atomic E-state index is 12.8. The molecule has 24 heavy (non-hydrogen) atoms. The molecular weight excluding hydrogens is 387 g/mol. The van der Waals surface area contributed by atoms with Crippen LogP contribution in [-0.4, -0.2) is 9.60 Å². The summed E-state index contributed by atoms with van der Waals surface area (Å²) >= 11 is 3.28. The highest BCUT2D eigenvalue weighted by Gasteiger charge is 2.30. The quantitative estimate of drug-likeness (QED) is 0.759. The Morgan fingerprint density at radius 2 is 2.04 bits per heavy atom. The van der Waals surface area contributed by atoms with Gasteiger partial charge >= 0.3 is 6.18 Å². The highest BCUT2D eigenvalue weighted by Crippen LogP contribution is 2.33. The van der Waals surface area contributed by atoms with E-state index < -0.39 is 11.7 Å². The van der Waals surface area contributed by atoms with Crippen molar-refractivity contribution in [3.05, 3.63) is 53.2 Å². The first-order valence-corrected chi connectivity index (χ1v) is 7.91. The Balaban J connectivity index is 1.85. The van der Waals surface area contributed by atoms with E-state index in [2.05, 4.69) is 31.4 Å². The minimum Gasteiger partial charge on any atom is -0.386 e. The molecule has 2 aromatic rings. The number of anilines is 2. The average molecular weight is 400 g/mol. The number of nitrogens with zero attached hydrogens (tertiary/aromatic N) is 2. The lowest BCUT2D eigenvalue weighted by Crippen LogP contribution is -2.06. The second kappa shape index (κ2) is 6.43. The van der Waals surface area contributed by atoms with Crippen LogP contribution in [0.3, 0.4) is 0 Å². The van der Waals surface area contributed by atoms with Crippen molar-refractivity contribution in [2.75, 3.05) is 5.32 Å². The number of pyridine rings is 1. The Bertz CT molecular complexity index is 792. The molecule has 1 aromatic carbocycles. The lowest BCUT2D eigenvalue weighted by Gasteiger charge is -2.14. The van der Waals surface area contributed by atoms with Crippen molar-refractivity contribution < 1.29 is 18.0 Å². The molecule has 0 amide bonds. The fourth-order valence-electron chi connectivity index (χ4n) is 2.31. The molecule has 2 heterocycles. The Labute approximate surface area is 144 Å². The number of halogens is 4. The zero-order valence-corrected chi connectivity index (χ0v) is 14.1. The van der Waals surface area contributed by atoms with Gasteiger partial charge in [-0.1, -0.05) is 17.3 Å². The molecule has 8 heteroatoms. The van der Waals surface area contributed by atoms with Crippen LogP contribution in [0.5, 0.6) is 0 Å². The molecule has 4 nitrogen and oxygen atoms in total. The van der Waals surface area contributed by atoms with Crippen LogP contribution in [0.1, 0.15) is 29.2 Å². The van der Waals surface area contributed by atoms with Crippen LogP contribution in [0, 0.1) is 6.92 Å². The fourth-order valence-corrected chi connectivity index (χ4v) is 2.69. The van der Waals surface area contributed by atoms with Crippen molar-refractivity contribution in [1.82, 2.24) is 4.98 Å². The number of nitrogens with one attached hydrogen (secondary N) is 1. The number of aromatic nitrogens is 1. The van der Waals surface area contributed by atoms with Crippen LogP contribution >= 0.6 is 15.9 Å². The molecule has 126 valence electrons. The van der Waals surface area contributed by atoms with E-state index in [1.54, 1.807) is 0 Å². The number of rotatable bonds is 3. The summed E-state index contributed by atoms with van der Waals surface area (Å²) in [5.41, 5.74) is 1.69. The Morgan fingerprint density at radius 1 is 1.25 bits per heavy atom. The van der Waals surface area contributed by atoms with Crippen LogP contribution in [-0.2, 0) is 11.0 Å². The fraction of sp³-hybridized carbons (Fsp3) is 0.250. The molecule has 0 saturated carbocycles. The van der Waals surface area contributed by atoms with Gasteiger partial charge in [0, 0.05) is 18.3 Å². The van der Waals surface area contributed by atoms with E-state index in [9.17, 15) is 13.2 Å². The second-order valence-corrected chi connectivity index (χ2v) is 6.31. The molecule has 1 aliphatic heterocycles. The highest BCUT2D eigenvalue weighted by atomic mass is 79.9. The number of oxime groups is 1. The van der Waals surface area contributed by atoms with Gasteiger partial charge in [0.1, 0.15) is 10.4 Å². The number of alkyl halides is 3. The Hall–Kier alpha value is -2.09. The minimum atomic E-state index is -4.41. The number of hydrogen-bond acceptors (Lipinski definition) is 4. The van der Waals surface area contributed by atoms with Crippen LogP contribution in [0.25, 0.3) is 0 Å². The van der Waals surface area contributed by atoms with E-state index in [1.165, 1.54) is 0 Å². The summed E-state index contributed by atoms with van der Waals surface area (Å²) < 4.78 is 39.1. The molecule has 0 spiro atoms. The molecular formula is C16H13BrF3N3O. The smallest absolute Gasteiger partial charge is 0.386 e. The van der Waals surface area contributed by atoms with Crippen molar-refractivity contribution in [3.8, 4) is 0 Å². The number of hydrogen-bond donors (Lipinski definition) is 1. The Kier molecular flexibility index (Phi) is 4.49. The van der Waals surface area contributed by atoms with Crippen LogP contribution in [0.15, 0.2) is 41.7 Å². The summed E-state index contributed by atoms with van der Waals surface area (Å²) in [6, 6.07) is 7.55. The summed E-state index contributed by atoms with van der Waals surface area (Å²) in [5, 5.41) is 6.79. The van der Waals surface area contributed by atoms with Crippen molar-refractivity contribution >= 4 is 32.1 Å². The van der Waals surface area contributed by atoms with Crippen molar-refractivity contribution in [2.45, 2.75) is 25.6 Å². The molecule has 0 fully saturated rings. The third-order valence-electron chi connectivity index (χ3n) is 3.62. The lowest BCUT2D eigenvalue weighted by molar-refractivity contribution is -0.137. The monoisotopic (exact) mass is 399 g/mol. The zero-order chi connectivity index (χ0) is 17.3. The summed E-state index contributed by atoms with van der Waals surface area (Å²) in [6.07, 6.45) is -2.87. The van der Waals surface area contributed by atoms with Gasteiger partial charge in [-0.3, -0.25) is 0 Å². The molecule has 0 radical (unpaired) electrons. The maximum Gasteiger partial charge on any atom is 0.416 e. The van der Waals surface area contributed by atoms with E-state index in [0.717, 1.165) is 34.1 Å². The lowest BCUT2D eigenvalue weighted by atomic mass is 10.0. The Morgan fingerprint density at radius 3 is 2.71 bits per heavy atom. The minimum absolute atomic E-state index is 0.134. The summed E-state index contributed by atoms with van der Waals surface area (Å²) in [6.45, 7) is 1.86. The molecule has 0 bridgehead atoms. The second-order valence-electron chi connectivity index (χ2n) is 5.39. The molecule has 1 atom stereocenters. The van der Waals surface area contributed by atoms with E-state index in [-0.39, 0.29) is 11.9 Å². The largest absolute Gasteiger partial charge is 0.416 e. The summed E-state index contributed by atoms with van der Waals surface area (Å²) in [5.74, 6) is 0.134. The van der Waals surface area contributed by atoms with Gasteiger partial charge in [0.2, 0.25) is 0 Å². The van der Waals surface area contributed by atoms with Crippen LogP contribution < -0.4 is 5.32 Å². The SMILES string of the molecule is Cc1ccc([C@@H]2CC(Br)=NO2)cc1Nc1cc(C(F)(F)F)ccn1. The third-order valence-corrected chi connectivity index (χ3v) is 4.08. The maximum atomic E-state index is 12.8. The standard InChI is InChI=1S/C16H13BrF3N3O/c1-9-2-3-10(13-8-14(17)23-24-13)6-12(9)22-15-7-11(4-5-21-15)16(18,19)20/h2-7,13H,8H2,1H3,(H,21,22)/t13-/m0/s1. The first kappa shape index (κ1) is 16.8. The van der Waals surface area contributed by atoms with Gasteiger partial charge in [-0.2, -0.15) is 13.2 Å². The van der Waals surface area contributed by atoms with E-state index >= 15 is 0 Å². The zero-order valence-electron chi connectivity index (χ0n) is 12.6. The number of benzene rings is 1. The number of aryl methyl sites for hydroxylation is 1. The van der Waals surface area contributed by atoms with Crippen molar-refractivity contribution in [1.29, 1.82) is 0 Å². The average Bonchev–Trinajstić information content (AvgIpc) is 2.95. The van der Waals surface area contributed by atoms with Gasteiger partial charge in [-0.05, 0) is 52.2 Å². The first-order valence-electron chi connectivity index (χ1n) is 7.12. The summed E-state index contributed by atoms with van der Waals surface area (Å²) in [7, 11) is 0. The first-order chi connectivity index (χ1) is 11.3. The molecule has 0 unspecified atom stereocenters. The van der Waals surface area contributed by atoms with E-state index in [4.69, 9.17) is 4.84 Å². The van der Waals surface area contributed by atoms with E-state index in [1.807, 2.05) is 25.1 Å². The van der Waals surface area contributed by atoms with Gasteiger partial charge in [-0.25, -0.2) is 4.98 Å². The molecule has 1 N–H and O–H groups in total. The highest BCUT2D eigenvalue weighted by molar-refractivity contribution is 9.18. The molecule has 3 rings (SSSR count). The molecule has 1 aliphatic rings. The van der Waals surface area contributed by atoms with Crippen molar-refractivity contribution in [3.63, 3.8) is 0 Å². The molecule has 1 aromatic heterocycles. The molecule has 0 saturated heterocycles. The third kappa shape index (κ3) is 3.69. The topological polar surface area (TPSA) is 46.5 Å². The van der Waals surface area contributed by atoms with Gasteiger partial charge in [0.15, 0.2) is 6.10 Å².